The van der Waals surface area contributed by atoms with Gasteiger partial charge in [-0.15, -0.1) is 0 Å². The number of aliphatic imine (C=N–C) groups is 1. The zero-order valence-corrected chi connectivity index (χ0v) is 14.5. The molecular weight excluding hydrogens is 310 g/mol. The third-order valence-electron chi connectivity index (χ3n) is 5.10. The summed E-state index contributed by atoms with van der Waals surface area (Å²) < 4.78 is 0. The second-order valence-corrected chi connectivity index (χ2v) is 6.70. The lowest BCUT2D eigenvalue weighted by atomic mass is 9.76. The van der Waals surface area contributed by atoms with Crippen molar-refractivity contribution in [2.45, 2.75) is 32.1 Å². The van der Waals surface area contributed by atoms with Gasteiger partial charge < -0.3 is 11.1 Å². The Bertz CT molecular complexity index is 834. The fraction of sp³-hybridized carbons (Fsp3) is 0.350. The monoisotopic (exact) mass is 333 g/mol. The number of hydrogen-bond donors (Lipinski definition) is 2. The van der Waals surface area contributed by atoms with Crippen molar-refractivity contribution < 1.29 is 0 Å². The van der Waals surface area contributed by atoms with Crippen LogP contribution in [0.25, 0.3) is 5.57 Å². The molecule has 0 unspecified atom stereocenters. The van der Waals surface area contributed by atoms with Crippen LogP contribution in [0, 0.1) is 5.92 Å². The first kappa shape index (κ1) is 15.8. The third-order valence-corrected chi connectivity index (χ3v) is 5.10. The highest BCUT2D eigenvalue weighted by molar-refractivity contribution is 6.26. The van der Waals surface area contributed by atoms with Crippen LogP contribution in [0.3, 0.4) is 0 Å². The highest BCUT2D eigenvalue weighted by Gasteiger charge is 2.31. The molecule has 5 nitrogen and oxygen atoms in total. The van der Waals surface area contributed by atoms with E-state index in [0.717, 1.165) is 46.8 Å². The molecule has 2 aliphatic rings. The van der Waals surface area contributed by atoms with Crippen LogP contribution in [0.5, 0.6) is 0 Å². The summed E-state index contributed by atoms with van der Waals surface area (Å²) in [4.78, 5) is 13.9. The number of aryl methyl sites for hydroxylation is 1. The maximum atomic E-state index is 6.41. The van der Waals surface area contributed by atoms with E-state index in [4.69, 9.17) is 10.7 Å². The van der Waals surface area contributed by atoms with Gasteiger partial charge in [0.2, 0.25) is 5.95 Å². The molecule has 3 N–H and O–H groups in total. The van der Waals surface area contributed by atoms with Crippen LogP contribution in [0.1, 0.15) is 36.9 Å². The lowest BCUT2D eigenvalue weighted by molar-refractivity contribution is 0.415. The first-order valence-corrected chi connectivity index (χ1v) is 8.90. The molecule has 1 fully saturated rings. The first-order chi connectivity index (χ1) is 12.3. The minimum Gasteiger partial charge on any atom is -0.401 e. The summed E-state index contributed by atoms with van der Waals surface area (Å²) >= 11 is 0. The van der Waals surface area contributed by atoms with Crippen LogP contribution in [-0.2, 0) is 6.42 Å². The average Bonchev–Trinajstić information content (AvgIpc) is 2.59. The van der Waals surface area contributed by atoms with Crippen molar-refractivity contribution in [1.82, 2.24) is 9.97 Å². The summed E-state index contributed by atoms with van der Waals surface area (Å²) in [6.45, 7) is 0. The van der Waals surface area contributed by atoms with Gasteiger partial charge in [-0.05, 0) is 43.4 Å². The Kier molecular flexibility index (Phi) is 4.22. The van der Waals surface area contributed by atoms with E-state index in [9.17, 15) is 0 Å². The van der Waals surface area contributed by atoms with Crippen molar-refractivity contribution in [2.24, 2.45) is 16.6 Å². The van der Waals surface area contributed by atoms with Crippen molar-refractivity contribution in [3.8, 4) is 0 Å². The van der Waals surface area contributed by atoms with Crippen molar-refractivity contribution in [2.75, 3.05) is 12.4 Å². The highest BCUT2D eigenvalue weighted by Crippen LogP contribution is 2.37. The zero-order valence-electron chi connectivity index (χ0n) is 14.5. The molecule has 2 aliphatic carbocycles. The number of benzene rings is 1. The molecule has 128 valence electrons. The van der Waals surface area contributed by atoms with Gasteiger partial charge in [-0.2, -0.15) is 0 Å². The molecule has 1 aromatic heterocycles. The molecule has 1 heterocycles. The van der Waals surface area contributed by atoms with Gasteiger partial charge >= 0.3 is 0 Å². The quantitative estimate of drug-likeness (QED) is 0.836. The molecule has 0 atom stereocenters. The minimum atomic E-state index is 0.519. The number of nitrogens with zero attached hydrogens (tertiary/aromatic N) is 3. The predicted molar refractivity (Wildman–Crippen MR) is 102 cm³/mol. The van der Waals surface area contributed by atoms with Gasteiger partial charge in [0.1, 0.15) is 0 Å². The van der Waals surface area contributed by atoms with Gasteiger partial charge in [0.15, 0.2) is 0 Å². The molecule has 0 saturated heterocycles. The maximum Gasteiger partial charge on any atom is 0.227 e. The number of hydrogen-bond acceptors (Lipinski definition) is 5. The first-order valence-electron chi connectivity index (χ1n) is 8.90. The molecule has 0 bridgehead atoms. The van der Waals surface area contributed by atoms with Crippen molar-refractivity contribution in [1.29, 1.82) is 0 Å². The van der Waals surface area contributed by atoms with Crippen molar-refractivity contribution in [3.63, 3.8) is 0 Å². The number of fused-ring (bicyclic) bond motifs is 1. The summed E-state index contributed by atoms with van der Waals surface area (Å²) in [5, 5.41) is 3.28. The summed E-state index contributed by atoms with van der Waals surface area (Å²) in [6, 6.07) is 9.97. The normalized spacial score (nSPS) is 17.9. The molecule has 1 saturated carbocycles. The zero-order chi connectivity index (χ0) is 17.2. The molecule has 25 heavy (non-hydrogen) atoms. The standard InChI is InChI=1S/C20H23N5/c1-22-18(13-6-5-7-13)17-16(21)11-10-14-12-23-20(25-19(14)17)24-15-8-3-2-4-9-15/h2-4,8-9,12-13H,5-7,10-11,21H2,1H3,(H,23,24,25). The van der Waals surface area contributed by atoms with E-state index in [1.54, 1.807) is 0 Å². The molecule has 5 heteroatoms. The van der Waals surface area contributed by atoms with Crippen LogP contribution >= 0.6 is 0 Å². The van der Waals surface area contributed by atoms with E-state index >= 15 is 0 Å². The topological polar surface area (TPSA) is 76.2 Å². The largest absolute Gasteiger partial charge is 0.401 e. The van der Waals surface area contributed by atoms with Crippen LogP contribution in [0.2, 0.25) is 0 Å². The number of aromatic nitrogens is 2. The molecule has 0 spiro atoms. The molecule has 0 aliphatic heterocycles. The number of anilines is 2. The van der Waals surface area contributed by atoms with E-state index in [2.05, 4.69) is 15.3 Å². The van der Waals surface area contributed by atoms with Crippen LogP contribution in [0.15, 0.2) is 47.2 Å². The summed E-state index contributed by atoms with van der Waals surface area (Å²) in [5.74, 6) is 1.12. The number of para-hydroxylation sites is 1. The molecule has 2 aromatic rings. The van der Waals surface area contributed by atoms with Gasteiger partial charge in [-0.3, -0.25) is 4.99 Å². The average molecular weight is 333 g/mol. The fourth-order valence-electron chi connectivity index (χ4n) is 3.53. The van der Waals surface area contributed by atoms with E-state index in [0.29, 0.717) is 11.9 Å². The third kappa shape index (κ3) is 3.02. The second kappa shape index (κ2) is 6.67. The second-order valence-electron chi connectivity index (χ2n) is 6.70. The number of allylic oxidation sites excluding steroid dienone is 2. The molecular formula is C20H23N5. The van der Waals surface area contributed by atoms with Crippen LogP contribution < -0.4 is 11.1 Å². The Labute approximate surface area is 148 Å². The Morgan fingerprint density at radius 3 is 2.68 bits per heavy atom. The number of nitrogens with one attached hydrogen (secondary N) is 1. The van der Waals surface area contributed by atoms with Gasteiger partial charge in [-0.1, -0.05) is 24.6 Å². The predicted octanol–water partition coefficient (Wildman–Crippen LogP) is 3.71. The van der Waals surface area contributed by atoms with Crippen LogP contribution in [0.4, 0.5) is 11.6 Å². The molecule has 0 radical (unpaired) electrons. The van der Waals surface area contributed by atoms with E-state index < -0.39 is 0 Å². The Morgan fingerprint density at radius 1 is 1.20 bits per heavy atom. The van der Waals surface area contributed by atoms with Gasteiger partial charge in [0, 0.05) is 41.8 Å². The number of nitrogens with two attached hydrogens (primary N) is 1. The van der Waals surface area contributed by atoms with Crippen molar-refractivity contribution in [3.05, 3.63) is 53.5 Å². The summed E-state index contributed by atoms with van der Waals surface area (Å²) in [7, 11) is 1.87. The highest BCUT2D eigenvalue weighted by atomic mass is 15.1. The van der Waals surface area contributed by atoms with E-state index in [1.807, 2.05) is 43.6 Å². The summed E-state index contributed by atoms with van der Waals surface area (Å²) in [5.41, 5.74) is 12.6. The lowest BCUT2D eigenvalue weighted by Gasteiger charge is -2.31. The molecule has 0 amide bonds. The van der Waals surface area contributed by atoms with E-state index in [1.165, 1.54) is 19.3 Å². The Morgan fingerprint density at radius 2 is 2.00 bits per heavy atom. The SMILES string of the molecule is CN=C(C1=C(N)CCc2cnc(Nc3ccccc3)nc21)C1CCC1. The number of rotatable bonds is 4. The maximum absolute atomic E-state index is 6.41. The smallest absolute Gasteiger partial charge is 0.227 e. The van der Waals surface area contributed by atoms with Gasteiger partial charge in [-0.25, -0.2) is 9.97 Å². The van der Waals surface area contributed by atoms with Gasteiger partial charge in [0.25, 0.3) is 0 Å². The summed E-state index contributed by atoms with van der Waals surface area (Å²) in [6.07, 6.45) is 7.32. The van der Waals surface area contributed by atoms with Crippen molar-refractivity contribution >= 4 is 22.9 Å². The fourth-order valence-corrected chi connectivity index (χ4v) is 3.53. The lowest BCUT2D eigenvalue weighted by Crippen LogP contribution is -2.28. The Hall–Kier alpha value is -2.69. The minimum absolute atomic E-state index is 0.519. The Balaban J connectivity index is 1.72. The van der Waals surface area contributed by atoms with E-state index in [-0.39, 0.29) is 0 Å². The van der Waals surface area contributed by atoms with Gasteiger partial charge in [0.05, 0.1) is 5.69 Å². The molecule has 4 rings (SSSR count). The molecule has 1 aromatic carbocycles. The van der Waals surface area contributed by atoms with Crippen LogP contribution in [-0.4, -0.2) is 22.7 Å².